The van der Waals surface area contributed by atoms with Crippen molar-refractivity contribution in [1.82, 2.24) is 10.2 Å². The summed E-state index contributed by atoms with van der Waals surface area (Å²) in [5.41, 5.74) is 0.412. The van der Waals surface area contributed by atoms with Crippen LogP contribution >= 0.6 is 0 Å². The summed E-state index contributed by atoms with van der Waals surface area (Å²) in [6.07, 6.45) is 2.42. The molecule has 0 bridgehead atoms. The average molecular weight is 254 g/mol. The van der Waals surface area contributed by atoms with E-state index in [9.17, 15) is 4.79 Å². The van der Waals surface area contributed by atoms with Gasteiger partial charge in [0.25, 0.3) is 0 Å². The molecule has 0 aliphatic heterocycles. The highest BCUT2D eigenvalue weighted by molar-refractivity contribution is 5.81. The number of hydrogen-bond donors (Lipinski definition) is 1. The van der Waals surface area contributed by atoms with E-state index in [1.807, 2.05) is 25.7 Å². The Kier molecular flexibility index (Phi) is 5.20. The van der Waals surface area contributed by atoms with Crippen molar-refractivity contribution in [3.05, 3.63) is 0 Å². The van der Waals surface area contributed by atoms with Crippen molar-refractivity contribution in [2.75, 3.05) is 13.1 Å². The van der Waals surface area contributed by atoms with Crippen LogP contribution in [-0.2, 0) is 4.79 Å². The summed E-state index contributed by atoms with van der Waals surface area (Å²) in [6.45, 7) is 14.6. The molecule has 1 amide bonds. The molecule has 18 heavy (non-hydrogen) atoms. The van der Waals surface area contributed by atoms with Crippen LogP contribution in [-0.4, -0.2) is 36.0 Å². The molecule has 0 aromatic rings. The first kappa shape index (κ1) is 15.5. The highest BCUT2D eigenvalue weighted by Gasteiger charge is 2.37. The van der Waals surface area contributed by atoms with Gasteiger partial charge in [0.1, 0.15) is 0 Å². The molecule has 0 heterocycles. The molecule has 3 heteroatoms. The maximum atomic E-state index is 12.2. The molecule has 1 aliphatic rings. The van der Waals surface area contributed by atoms with Gasteiger partial charge >= 0.3 is 0 Å². The van der Waals surface area contributed by atoms with E-state index in [0.717, 1.165) is 13.1 Å². The van der Waals surface area contributed by atoms with E-state index in [0.29, 0.717) is 17.4 Å². The number of carbonyl (C=O) groups excluding carboxylic acids is 1. The zero-order chi connectivity index (χ0) is 13.9. The molecule has 106 valence electrons. The SMILES string of the molecule is CCN(CC)C(=O)C(C)NC1CC(C)(C)CC1C. The maximum absolute atomic E-state index is 12.2. The van der Waals surface area contributed by atoms with Gasteiger partial charge in [-0.25, -0.2) is 0 Å². The van der Waals surface area contributed by atoms with E-state index in [1.165, 1.54) is 12.8 Å². The number of nitrogens with one attached hydrogen (secondary N) is 1. The molecule has 1 N–H and O–H groups in total. The summed E-state index contributed by atoms with van der Waals surface area (Å²) in [5.74, 6) is 0.892. The fourth-order valence-electron chi connectivity index (χ4n) is 3.32. The highest BCUT2D eigenvalue weighted by atomic mass is 16.2. The molecule has 0 aromatic heterocycles. The lowest BCUT2D eigenvalue weighted by Gasteiger charge is -2.27. The van der Waals surface area contributed by atoms with Crippen molar-refractivity contribution < 1.29 is 4.79 Å². The Balaban J connectivity index is 2.55. The largest absolute Gasteiger partial charge is 0.342 e. The van der Waals surface area contributed by atoms with E-state index in [4.69, 9.17) is 0 Å². The van der Waals surface area contributed by atoms with Crippen LogP contribution < -0.4 is 5.32 Å². The van der Waals surface area contributed by atoms with Gasteiger partial charge in [-0.15, -0.1) is 0 Å². The quantitative estimate of drug-likeness (QED) is 0.818. The summed E-state index contributed by atoms with van der Waals surface area (Å²) in [5, 5.41) is 3.54. The van der Waals surface area contributed by atoms with Crippen molar-refractivity contribution in [3.63, 3.8) is 0 Å². The fourth-order valence-corrected chi connectivity index (χ4v) is 3.32. The van der Waals surface area contributed by atoms with Crippen LogP contribution in [0.3, 0.4) is 0 Å². The van der Waals surface area contributed by atoms with Crippen LogP contribution in [0, 0.1) is 11.3 Å². The van der Waals surface area contributed by atoms with Gasteiger partial charge in [0.05, 0.1) is 6.04 Å². The monoisotopic (exact) mass is 254 g/mol. The topological polar surface area (TPSA) is 32.3 Å². The smallest absolute Gasteiger partial charge is 0.239 e. The number of nitrogens with zero attached hydrogens (tertiary/aromatic N) is 1. The Labute approximate surface area is 112 Å². The molecule has 1 saturated carbocycles. The Morgan fingerprint density at radius 3 is 2.28 bits per heavy atom. The zero-order valence-corrected chi connectivity index (χ0v) is 12.9. The molecule has 0 saturated heterocycles. The summed E-state index contributed by atoms with van der Waals surface area (Å²) in [7, 11) is 0. The third-order valence-corrected chi connectivity index (χ3v) is 4.24. The third kappa shape index (κ3) is 3.71. The van der Waals surface area contributed by atoms with Crippen molar-refractivity contribution >= 4 is 5.91 Å². The standard InChI is InChI=1S/C15H30N2O/c1-7-17(8-2)14(18)12(4)16-13-10-15(5,6)9-11(13)3/h11-13,16H,7-10H2,1-6H3. The maximum Gasteiger partial charge on any atom is 0.239 e. The van der Waals surface area contributed by atoms with Crippen LogP contribution in [0.2, 0.25) is 0 Å². The first-order valence-corrected chi connectivity index (χ1v) is 7.35. The number of amides is 1. The van der Waals surface area contributed by atoms with Gasteiger partial charge in [0.2, 0.25) is 5.91 Å². The van der Waals surface area contributed by atoms with Gasteiger partial charge in [0.15, 0.2) is 0 Å². The van der Waals surface area contributed by atoms with Crippen molar-refractivity contribution in [1.29, 1.82) is 0 Å². The van der Waals surface area contributed by atoms with E-state index < -0.39 is 0 Å². The first-order valence-electron chi connectivity index (χ1n) is 7.35. The van der Waals surface area contributed by atoms with Crippen molar-refractivity contribution in [2.45, 2.75) is 66.5 Å². The highest BCUT2D eigenvalue weighted by Crippen LogP contribution is 2.40. The van der Waals surface area contributed by atoms with Gasteiger partial charge in [-0.1, -0.05) is 20.8 Å². The zero-order valence-electron chi connectivity index (χ0n) is 12.9. The first-order chi connectivity index (χ1) is 8.30. The second kappa shape index (κ2) is 6.05. The lowest BCUT2D eigenvalue weighted by Crippen LogP contribution is -2.49. The Bertz CT molecular complexity index is 284. The summed E-state index contributed by atoms with van der Waals surface area (Å²) in [6, 6.07) is 0.417. The predicted molar refractivity (Wildman–Crippen MR) is 76.5 cm³/mol. The third-order valence-electron chi connectivity index (χ3n) is 4.24. The molecule has 3 unspecified atom stereocenters. The van der Waals surface area contributed by atoms with Gasteiger partial charge in [-0.05, 0) is 44.9 Å². The van der Waals surface area contributed by atoms with Gasteiger partial charge in [0, 0.05) is 19.1 Å². The molecule has 0 spiro atoms. The molecule has 0 radical (unpaired) electrons. The fraction of sp³-hybridized carbons (Fsp3) is 0.933. The molecule has 1 aliphatic carbocycles. The van der Waals surface area contributed by atoms with Crippen LogP contribution in [0.1, 0.15) is 54.4 Å². The molecule has 1 fully saturated rings. The minimum atomic E-state index is -0.0637. The number of carbonyl (C=O) groups is 1. The summed E-state index contributed by atoms with van der Waals surface area (Å²) >= 11 is 0. The van der Waals surface area contributed by atoms with E-state index in [2.05, 4.69) is 26.1 Å². The van der Waals surface area contributed by atoms with Crippen molar-refractivity contribution in [3.8, 4) is 0 Å². The molecule has 3 atom stereocenters. The lowest BCUT2D eigenvalue weighted by atomic mass is 9.91. The molecule has 1 rings (SSSR count). The average Bonchev–Trinajstić information content (AvgIpc) is 2.53. The van der Waals surface area contributed by atoms with Crippen LogP contribution in [0.5, 0.6) is 0 Å². The predicted octanol–water partition coefficient (Wildman–Crippen LogP) is 2.66. The van der Waals surface area contributed by atoms with Gasteiger partial charge < -0.3 is 10.2 Å². The second-order valence-electron chi connectivity index (χ2n) is 6.56. The minimum absolute atomic E-state index is 0.0637. The lowest BCUT2D eigenvalue weighted by molar-refractivity contribution is -0.132. The summed E-state index contributed by atoms with van der Waals surface area (Å²) in [4.78, 5) is 14.1. The van der Waals surface area contributed by atoms with Gasteiger partial charge in [-0.2, -0.15) is 0 Å². The van der Waals surface area contributed by atoms with Crippen molar-refractivity contribution in [2.24, 2.45) is 11.3 Å². The van der Waals surface area contributed by atoms with E-state index in [1.54, 1.807) is 0 Å². The molecule has 0 aromatic carbocycles. The van der Waals surface area contributed by atoms with Crippen LogP contribution in [0.25, 0.3) is 0 Å². The Morgan fingerprint density at radius 2 is 1.89 bits per heavy atom. The second-order valence-corrected chi connectivity index (χ2v) is 6.56. The summed E-state index contributed by atoms with van der Waals surface area (Å²) < 4.78 is 0. The van der Waals surface area contributed by atoms with E-state index >= 15 is 0 Å². The minimum Gasteiger partial charge on any atom is -0.342 e. The number of hydrogen-bond acceptors (Lipinski definition) is 2. The Morgan fingerprint density at radius 1 is 1.33 bits per heavy atom. The molecular formula is C15H30N2O. The Hall–Kier alpha value is -0.570. The molecular weight excluding hydrogens is 224 g/mol. The van der Waals surface area contributed by atoms with Crippen LogP contribution in [0.15, 0.2) is 0 Å². The number of rotatable bonds is 5. The van der Waals surface area contributed by atoms with E-state index in [-0.39, 0.29) is 11.9 Å². The normalized spacial score (nSPS) is 28.1. The van der Waals surface area contributed by atoms with Crippen LogP contribution in [0.4, 0.5) is 0 Å². The molecule has 3 nitrogen and oxygen atoms in total. The van der Waals surface area contributed by atoms with Gasteiger partial charge in [-0.3, -0.25) is 4.79 Å². The number of likely N-dealkylation sites (N-methyl/N-ethyl adjacent to an activating group) is 1.